The first kappa shape index (κ1) is 11.6. The van der Waals surface area contributed by atoms with Crippen molar-refractivity contribution in [3.63, 3.8) is 0 Å². The number of carboxylic acids is 1. The lowest BCUT2D eigenvalue weighted by Gasteiger charge is -2.34. The standard InChI is InChI=1S/C12H14BrNO2/c13-10-4-1-3-9(7-10)12(11(15)16)5-2-6-14-8-12/h1,3-4,7,14H,2,5-6,8H2,(H,15,16). The van der Waals surface area contributed by atoms with Gasteiger partial charge in [-0.05, 0) is 37.1 Å². The van der Waals surface area contributed by atoms with Crippen LogP contribution in [-0.2, 0) is 10.2 Å². The molecule has 0 bridgehead atoms. The van der Waals surface area contributed by atoms with Gasteiger partial charge in [0, 0.05) is 11.0 Å². The van der Waals surface area contributed by atoms with Gasteiger partial charge in [-0.25, -0.2) is 0 Å². The summed E-state index contributed by atoms with van der Waals surface area (Å²) in [5.74, 6) is -0.738. The Kier molecular flexibility index (Phi) is 3.30. The van der Waals surface area contributed by atoms with Crippen LogP contribution < -0.4 is 5.32 Å². The van der Waals surface area contributed by atoms with Crippen LogP contribution in [0.1, 0.15) is 18.4 Å². The van der Waals surface area contributed by atoms with Crippen molar-refractivity contribution in [1.82, 2.24) is 5.32 Å². The van der Waals surface area contributed by atoms with Gasteiger partial charge in [0.05, 0.1) is 0 Å². The molecule has 2 N–H and O–H groups in total. The van der Waals surface area contributed by atoms with Gasteiger partial charge in [-0.3, -0.25) is 4.79 Å². The van der Waals surface area contributed by atoms with E-state index in [0.29, 0.717) is 13.0 Å². The third kappa shape index (κ3) is 1.99. The molecule has 1 aliphatic heterocycles. The Morgan fingerprint density at radius 3 is 2.88 bits per heavy atom. The summed E-state index contributed by atoms with van der Waals surface area (Å²) < 4.78 is 0.927. The van der Waals surface area contributed by atoms with Gasteiger partial charge in [0.1, 0.15) is 5.41 Å². The predicted octanol–water partition coefficient (Wildman–Crippen LogP) is 2.15. The average Bonchev–Trinajstić information content (AvgIpc) is 2.30. The molecule has 0 spiro atoms. The van der Waals surface area contributed by atoms with Gasteiger partial charge in [0.15, 0.2) is 0 Å². The first-order chi connectivity index (χ1) is 7.65. The number of carboxylic acid groups (broad SMARTS) is 1. The highest BCUT2D eigenvalue weighted by molar-refractivity contribution is 9.10. The number of nitrogens with one attached hydrogen (secondary N) is 1. The number of aliphatic carboxylic acids is 1. The van der Waals surface area contributed by atoms with E-state index in [0.717, 1.165) is 23.0 Å². The van der Waals surface area contributed by atoms with Crippen LogP contribution in [0, 0.1) is 0 Å². The van der Waals surface area contributed by atoms with Crippen LogP contribution in [0.2, 0.25) is 0 Å². The fourth-order valence-electron chi connectivity index (χ4n) is 2.24. The lowest BCUT2D eigenvalue weighted by atomic mass is 9.75. The second-order valence-corrected chi connectivity index (χ2v) is 5.09. The molecular weight excluding hydrogens is 270 g/mol. The van der Waals surface area contributed by atoms with Crippen molar-refractivity contribution in [2.45, 2.75) is 18.3 Å². The van der Waals surface area contributed by atoms with Crippen molar-refractivity contribution in [3.05, 3.63) is 34.3 Å². The molecule has 0 aromatic heterocycles. The molecule has 1 atom stereocenters. The molecule has 1 fully saturated rings. The van der Waals surface area contributed by atoms with Crippen LogP contribution in [0.15, 0.2) is 28.7 Å². The van der Waals surface area contributed by atoms with E-state index >= 15 is 0 Å². The summed E-state index contributed by atoms with van der Waals surface area (Å²) in [6.45, 7) is 1.42. The predicted molar refractivity (Wildman–Crippen MR) is 65.6 cm³/mol. The van der Waals surface area contributed by atoms with Crippen molar-refractivity contribution < 1.29 is 9.90 Å². The van der Waals surface area contributed by atoms with Gasteiger partial charge in [-0.1, -0.05) is 28.1 Å². The van der Waals surface area contributed by atoms with Crippen LogP contribution in [-0.4, -0.2) is 24.2 Å². The summed E-state index contributed by atoms with van der Waals surface area (Å²) in [5, 5.41) is 12.7. The minimum absolute atomic E-state index is 0.513. The van der Waals surface area contributed by atoms with Crippen molar-refractivity contribution in [2.75, 3.05) is 13.1 Å². The average molecular weight is 284 g/mol. The maximum absolute atomic E-state index is 11.5. The van der Waals surface area contributed by atoms with Crippen molar-refractivity contribution >= 4 is 21.9 Å². The molecule has 0 amide bonds. The van der Waals surface area contributed by atoms with Gasteiger partial charge in [-0.15, -0.1) is 0 Å². The zero-order valence-corrected chi connectivity index (χ0v) is 10.5. The Morgan fingerprint density at radius 2 is 2.31 bits per heavy atom. The number of halogens is 1. The van der Waals surface area contributed by atoms with Gasteiger partial charge < -0.3 is 10.4 Å². The van der Waals surface area contributed by atoms with Gasteiger partial charge in [0.25, 0.3) is 0 Å². The van der Waals surface area contributed by atoms with Crippen molar-refractivity contribution in [2.24, 2.45) is 0 Å². The zero-order valence-electron chi connectivity index (χ0n) is 8.87. The molecule has 4 heteroatoms. The molecule has 1 unspecified atom stereocenters. The summed E-state index contributed by atoms with van der Waals surface area (Å²) in [4.78, 5) is 11.5. The monoisotopic (exact) mass is 283 g/mol. The van der Waals surface area contributed by atoms with E-state index in [4.69, 9.17) is 0 Å². The van der Waals surface area contributed by atoms with Gasteiger partial charge in [0.2, 0.25) is 0 Å². The summed E-state index contributed by atoms with van der Waals surface area (Å²) in [7, 11) is 0. The number of rotatable bonds is 2. The summed E-state index contributed by atoms with van der Waals surface area (Å²) in [6.07, 6.45) is 1.60. The molecule has 1 saturated heterocycles. The molecule has 1 aliphatic rings. The van der Waals surface area contributed by atoms with E-state index in [2.05, 4.69) is 21.2 Å². The Hall–Kier alpha value is -0.870. The van der Waals surface area contributed by atoms with Gasteiger partial charge >= 0.3 is 5.97 Å². The fraction of sp³-hybridized carbons (Fsp3) is 0.417. The van der Waals surface area contributed by atoms with Crippen LogP contribution in [0.3, 0.4) is 0 Å². The van der Waals surface area contributed by atoms with Gasteiger partial charge in [-0.2, -0.15) is 0 Å². The zero-order chi connectivity index (χ0) is 11.6. The van der Waals surface area contributed by atoms with Crippen molar-refractivity contribution in [3.8, 4) is 0 Å². The van der Waals surface area contributed by atoms with E-state index in [-0.39, 0.29) is 0 Å². The van der Waals surface area contributed by atoms with Crippen LogP contribution in [0.4, 0.5) is 0 Å². The molecule has 86 valence electrons. The van der Waals surface area contributed by atoms with E-state index in [1.54, 1.807) is 0 Å². The highest BCUT2D eigenvalue weighted by Crippen LogP contribution is 2.32. The third-order valence-corrected chi connectivity index (χ3v) is 3.66. The SMILES string of the molecule is O=C(O)C1(c2cccc(Br)c2)CCCNC1. The molecule has 16 heavy (non-hydrogen) atoms. The smallest absolute Gasteiger partial charge is 0.315 e. The summed E-state index contributed by atoms with van der Waals surface area (Å²) in [6, 6.07) is 7.60. The quantitative estimate of drug-likeness (QED) is 0.875. The molecule has 0 saturated carbocycles. The molecular formula is C12H14BrNO2. The largest absolute Gasteiger partial charge is 0.481 e. The molecule has 0 radical (unpaired) electrons. The minimum Gasteiger partial charge on any atom is -0.481 e. The molecule has 1 heterocycles. The van der Waals surface area contributed by atoms with Crippen LogP contribution >= 0.6 is 15.9 Å². The molecule has 3 nitrogen and oxygen atoms in total. The highest BCUT2D eigenvalue weighted by Gasteiger charge is 2.41. The third-order valence-electron chi connectivity index (χ3n) is 3.17. The minimum atomic E-state index is -0.762. The van der Waals surface area contributed by atoms with Crippen LogP contribution in [0.5, 0.6) is 0 Å². The molecule has 2 rings (SSSR count). The maximum atomic E-state index is 11.5. The normalized spacial score (nSPS) is 25.3. The Balaban J connectivity index is 2.42. The van der Waals surface area contributed by atoms with Crippen LogP contribution in [0.25, 0.3) is 0 Å². The van der Waals surface area contributed by atoms with E-state index in [1.165, 1.54) is 0 Å². The molecule has 0 aliphatic carbocycles. The topological polar surface area (TPSA) is 49.3 Å². The number of piperidine rings is 1. The second kappa shape index (κ2) is 4.55. The number of benzene rings is 1. The van der Waals surface area contributed by atoms with E-state index in [9.17, 15) is 9.90 Å². The fourth-order valence-corrected chi connectivity index (χ4v) is 2.64. The Bertz CT molecular complexity index is 400. The summed E-state index contributed by atoms with van der Waals surface area (Å²) >= 11 is 3.39. The first-order valence-corrected chi connectivity index (χ1v) is 6.15. The Morgan fingerprint density at radius 1 is 1.50 bits per heavy atom. The van der Waals surface area contributed by atoms with E-state index < -0.39 is 11.4 Å². The molecule has 1 aromatic carbocycles. The Labute approximate surface area is 103 Å². The second-order valence-electron chi connectivity index (χ2n) is 4.18. The van der Waals surface area contributed by atoms with E-state index in [1.807, 2.05) is 24.3 Å². The molecule has 1 aromatic rings. The maximum Gasteiger partial charge on any atom is 0.315 e. The number of hydrogen-bond acceptors (Lipinski definition) is 2. The number of hydrogen-bond donors (Lipinski definition) is 2. The first-order valence-electron chi connectivity index (χ1n) is 5.35. The van der Waals surface area contributed by atoms with Crippen molar-refractivity contribution in [1.29, 1.82) is 0 Å². The number of carbonyl (C=O) groups is 1. The lowest BCUT2D eigenvalue weighted by Crippen LogP contribution is -2.49. The lowest BCUT2D eigenvalue weighted by molar-refractivity contribution is -0.144. The highest BCUT2D eigenvalue weighted by atomic mass is 79.9. The summed E-state index contributed by atoms with van der Waals surface area (Å²) in [5.41, 5.74) is 0.115.